The minimum Gasteiger partial charge on any atom is -0.492 e. The standard InChI is InChI=1S/C20H28N4O2.HI/c1-24(2)12-13-26-19-11-7-5-8-16(19)14-22-20(21)23-18-10-6-4-9-17(18)15-25-3;/h4-11H,12-15H2,1-3H3,(H3,21,22,23);1H. The summed E-state index contributed by atoms with van der Waals surface area (Å²) >= 11 is 0. The number of hydrogen-bond acceptors (Lipinski definition) is 4. The molecular weight excluding hydrogens is 455 g/mol. The van der Waals surface area contributed by atoms with E-state index in [2.05, 4.69) is 15.2 Å². The molecule has 27 heavy (non-hydrogen) atoms. The Balaban J connectivity index is 0.00000364. The maximum Gasteiger partial charge on any atom is 0.193 e. The number of aliphatic imine (C=N–C) groups is 1. The number of halogens is 1. The maximum absolute atomic E-state index is 6.06. The van der Waals surface area contributed by atoms with Crippen LogP contribution < -0.4 is 15.8 Å². The topological polar surface area (TPSA) is 72.1 Å². The van der Waals surface area contributed by atoms with Gasteiger partial charge in [0.25, 0.3) is 0 Å². The first-order chi connectivity index (χ1) is 12.6. The second-order valence-corrected chi connectivity index (χ2v) is 6.18. The minimum atomic E-state index is 0. The van der Waals surface area contributed by atoms with E-state index >= 15 is 0 Å². The van der Waals surface area contributed by atoms with Gasteiger partial charge in [-0.2, -0.15) is 0 Å². The number of rotatable bonds is 9. The van der Waals surface area contributed by atoms with Gasteiger partial charge in [-0.25, -0.2) is 4.99 Å². The molecule has 2 aromatic rings. The largest absolute Gasteiger partial charge is 0.492 e. The molecule has 0 aromatic heterocycles. The van der Waals surface area contributed by atoms with Gasteiger partial charge in [-0.15, -0.1) is 24.0 Å². The van der Waals surface area contributed by atoms with Crippen molar-refractivity contribution in [2.45, 2.75) is 13.2 Å². The third-order valence-electron chi connectivity index (χ3n) is 3.77. The molecule has 0 amide bonds. The van der Waals surface area contributed by atoms with Crippen LogP contribution in [0, 0.1) is 0 Å². The summed E-state index contributed by atoms with van der Waals surface area (Å²) in [5, 5.41) is 3.14. The van der Waals surface area contributed by atoms with E-state index in [4.69, 9.17) is 15.2 Å². The van der Waals surface area contributed by atoms with Crippen LogP contribution in [0.15, 0.2) is 53.5 Å². The van der Waals surface area contributed by atoms with Gasteiger partial charge in [0, 0.05) is 30.5 Å². The van der Waals surface area contributed by atoms with Gasteiger partial charge in [-0.1, -0.05) is 36.4 Å². The molecule has 7 heteroatoms. The summed E-state index contributed by atoms with van der Waals surface area (Å²) in [4.78, 5) is 6.53. The normalized spacial score (nSPS) is 11.2. The van der Waals surface area contributed by atoms with Crippen LogP contribution in [0.3, 0.4) is 0 Å². The first-order valence-corrected chi connectivity index (χ1v) is 8.59. The number of methoxy groups -OCH3 is 1. The number of ether oxygens (including phenoxy) is 2. The number of benzene rings is 2. The van der Waals surface area contributed by atoms with Gasteiger partial charge in [0.05, 0.1) is 13.2 Å². The summed E-state index contributed by atoms with van der Waals surface area (Å²) in [5.41, 5.74) is 8.98. The smallest absolute Gasteiger partial charge is 0.193 e. The zero-order valence-corrected chi connectivity index (χ0v) is 18.5. The molecule has 0 saturated heterocycles. The lowest BCUT2D eigenvalue weighted by Crippen LogP contribution is -2.23. The van der Waals surface area contributed by atoms with E-state index in [-0.39, 0.29) is 24.0 Å². The van der Waals surface area contributed by atoms with E-state index in [0.29, 0.717) is 25.7 Å². The lowest BCUT2D eigenvalue weighted by atomic mass is 10.2. The second-order valence-electron chi connectivity index (χ2n) is 6.18. The number of likely N-dealkylation sites (N-methyl/N-ethyl adjacent to an activating group) is 1. The van der Waals surface area contributed by atoms with Gasteiger partial charge in [-0.05, 0) is 26.2 Å². The first kappa shape index (κ1) is 23.2. The molecule has 0 saturated carbocycles. The van der Waals surface area contributed by atoms with E-state index in [0.717, 1.165) is 29.1 Å². The van der Waals surface area contributed by atoms with Crippen LogP contribution in [0.25, 0.3) is 0 Å². The van der Waals surface area contributed by atoms with Crippen LogP contribution in [0.2, 0.25) is 0 Å². The molecule has 0 aliphatic rings. The maximum atomic E-state index is 6.06. The number of nitrogens with two attached hydrogens (primary N) is 1. The summed E-state index contributed by atoms with van der Waals surface area (Å²) in [6.07, 6.45) is 0. The Kier molecular flexibility index (Phi) is 10.8. The van der Waals surface area contributed by atoms with Gasteiger partial charge < -0.3 is 25.4 Å². The SMILES string of the molecule is COCc1ccccc1NC(N)=NCc1ccccc1OCCN(C)C.I. The van der Waals surface area contributed by atoms with Crippen molar-refractivity contribution < 1.29 is 9.47 Å². The average molecular weight is 484 g/mol. The fraction of sp³-hybridized carbons (Fsp3) is 0.350. The van der Waals surface area contributed by atoms with Gasteiger partial charge in [0.15, 0.2) is 5.96 Å². The average Bonchev–Trinajstić information content (AvgIpc) is 2.62. The van der Waals surface area contributed by atoms with Crippen LogP contribution in [-0.4, -0.2) is 45.2 Å². The highest BCUT2D eigenvalue weighted by Gasteiger charge is 2.05. The van der Waals surface area contributed by atoms with Crippen LogP contribution in [0.5, 0.6) is 5.75 Å². The molecule has 0 aliphatic carbocycles. The monoisotopic (exact) mass is 484 g/mol. The van der Waals surface area contributed by atoms with Gasteiger partial charge in [0.2, 0.25) is 0 Å². The Bertz CT molecular complexity index is 723. The molecule has 0 unspecified atom stereocenters. The molecule has 148 valence electrons. The summed E-state index contributed by atoms with van der Waals surface area (Å²) in [7, 11) is 5.71. The summed E-state index contributed by atoms with van der Waals surface area (Å²) < 4.78 is 11.1. The molecular formula is C20H29IN4O2. The Labute approximate surface area is 178 Å². The van der Waals surface area contributed by atoms with Gasteiger partial charge in [-0.3, -0.25) is 0 Å². The fourth-order valence-electron chi connectivity index (χ4n) is 2.38. The first-order valence-electron chi connectivity index (χ1n) is 8.59. The third kappa shape index (κ3) is 8.15. The highest BCUT2D eigenvalue weighted by molar-refractivity contribution is 14.0. The van der Waals surface area contributed by atoms with E-state index in [9.17, 15) is 0 Å². The number of guanidine groups is 1. The lowest BCUT2D eigenvalue weighted by Gasteiger charge is -2.14. The van der Waals surface area contributed by atoms with E-state index < -0.39 is 0 Å². The van der Waals surface area contributed by atoms with E-state index in [1.54, 1.807) is 7.11 Å². The number of anilines is 1. The molecule has 0 fully saturated rings. The van der Waals surface area contributed by atoms with Crippen LogP contribution >= 0.6 is 24.0 Å². The quantitative estimate of drug-likeness (QED) is 0.325. The Morgan fingerprint density at radius 1 is 1.07 bits per heavy atom. The van der Waals surface area contributed by atoms with Crippen molar-refractivity contribution in [1.29, 1.82) is 0 Å². The zero-order valence-electron chi connectivity index (χ0n) is 16.1. The Morgan fingerprint density at radius 2 is 1.74 bits per heavy atom. The van der Waals surface area contributed by atoms with Crippen molar-refractivity contribution >= 4 is 35.6 Å². The zero-order chi connectivity index (χ0) is 18.8. The van der Waals surface area contributed by atoms with Crippen molar-refractivity contribution in [2.24, 2.45) is 10.7 Å². The van der Waals surface area contributed by atoms with E-state index in [1.807, 2.05) is 62.6 Å². The molecule has 0 heterocycles. The van der Waals surface area contributed by atoms with Crippen molar-refractivity contribution in [2.75, 3.05) is 39.7 Å². The molecule has 0 bridgehead atoms. The number of nitrogens with one attached hydrogen (secondary N) is 1. The van der Waals surface area contributed by atoms with Crippen molar-refractivity contribution in [1.82, 2.24) is 4.90 Å². The highest BCUT2D eigenvalue weighted by Crippen LogP contribution is 2.19. The van der Waals surface area contributed by atoms with Crippen molar-refractivity contribution in [3.8, 4) is 5.75 Å². The second kappa shape index (κ2) is 12.5. The third-order valence-corrected chi connectivity index (χ3v) is 3.77. The lowest BCUT2D eigenvalue weighted by molar-refractivity contribution is 0.185. The van der Waals surface area contributed by atoms with Crippen LogP contribution in [0.4, 0.5) is 5.69 Å². The summed E-state index contributed by atoms with van der Waals surface area (Å²) in [6, 6.07) is 15.7. The summed E-state index contributed by atoms with van der Waals surface area (Å²) in [5.74, 6) is 1.20. The van der Waals surface area contributed by atoms with Crippen LogP contribution in [0.1, 0.15) is 11.1 Å². The molecule has 2 aromatic carbocycles. The molecule has 2 rings (SSSR count). The highest BCUT2D eigenvalue weighted by atomic mass is 127. The molecule has 3 N–H and O–H groups in total. The molecule has 6 nitrogen and oxygen atoms in total. The van der Waals surface area contributed by atoms with Gasteiger partial charge in [0.1, 0.15) is 12.4 Å². The van der Waals surface area contributed by atoms with Gasteiger partial charge >= 0.3 is 0 Å². The Morgan fingerprint density at radius 3 is 2.44 bits per heavy atom. The predicted molar refractivity (Wildman–Crippen MR) is 122 cm³/mol. The van der Waals surface area contributed by atoms with E-state index in [1.165, 1.54) is 0 Å². The summed E-state index contributed by atoms with van der Waals surface area (Å²) in [6.45, 7) is 2.45. The Hall–Kier alpha value is -1.84. The number of nitrogens with zero attached hydrogens (tertiary/aromatic N) is 2. The van der Waals surface area contributed by atoms with Crippen molar-refractivity contribution in [3.05, 3.63) is 59.7 Å². The number of para-hydroxylation sites is 2. The molecule has 0 atom stereocenters. The van der Waals surface area contributed by atoms with Crippen molar-refractivity contribution in [3.63, 3.8) is 0 Å². The molecule has 0 spiro atoms. The predicted octanol–water partition coefficient (Wildman–Crippen LogP) is 3.32. The molecule has 0 aliphatic heterocycles. The van der Waals surface area contributed by atoms with Crippen LogP contribution in [-0.2, 0) is 17.9 Å². The number of hydrogen-bond donors (Lipinski definition) is 2. The minimum absolute atomic E-state index is 0. The molecule has 0 radical (unpaired) electrons. The fourth-order valence-corrected chi connectivity index (χ4v) is 2.38.